The van der Waals surface area contributed by atoms with E-state index in [1.807, 2.05) is 0 Å². The minimum atomic E-state index is -5.97. The molecule has 28 heavy (non-hydrogen) atoms. The highest BCUT2D eigenvalue weighted by Gasteiger charge is 2.49. The highest BCUT2D eigenvalue weighted by molar-refractivity contribution is 7.88. The van der Waals surface area contributed by atoms with E-state index in [1.54, 1.807) is 18.0 Å². The van der Waals surface area contributed by atoms with Gasteiger partial charge in [0.2, 0.25) is 5.88 Å². The lowest BCUT2D eigenvalue weighted by atomic mass is 10.1. The number of benzene rings is 1. The number of halogens is 4. The summed E-state index contributed by atoms with van der Waals surface area (Å²) in [6, 6.07) is 2.25. The Balaban J connectivity index is 2.34. The molecule has 0 aliphatic heterocycles. The zero-order chi connectivity index (χ0) is 20.9. The van der Waals surface area contributed by atoms with Crippen molar-refractivity contribution in [3.63, 3.8) is 0 Å². The van der Waals surface area contributed by atoms with E-state index < -0.39 is 27.3 Å². The zero-order valence-corrected chi connectivity index (χ0v) is 15.4. The lowest BCUT2D eigenvalue weighted by Crippen LogP contribution is -2.28. The smallest absolute Gasteiger partial charge is 0.369 e. The van der Waals surface area contributed by atoms with Crippen LogP contribution >= 0.6 is 0 Å². The first-order chi connectivity index (χ1) is 12.9. The SMILES string of the molecule is C=CCN(C)c1cc(F)cc2c1[nH]c1nc(C)nc(OS(=O)(=O)C(F)(F)F)c12. The summed E-state index contributed by atoms with van der Waals surface area (Å²) < 4.78 is 79.5. The summed E-state index contributed by atoms with van der Waals surface area (Å²) in [7, 11) is -4.32. The van der Waals surface area contributed by atoms with Crippen molar-refractivity contribution in [3.05, 3.63) is 36.4 Å². The van der Waals surface area contributed by atoms with Gasteiger partial charge in [-0.2, -0.15) is 26.6 Å². The molecule has 0 radical (unpaired) electrons. The lowest BCUT2D eigenvalue weighted by Gasteiger charge is -2.18. The van der Waals surface area contributed by atoms with Crippen LogP contribution in [-0.4, -0.2) is 42.5 Å². The van der Waals surface area contributed by atoms with Crippen LogP contribution in [-0.2, 0) is 10.1 Å². The number of likely N-dealkylation sites (N-methyl/N-ethyl adjacent to an activating group) is 1. The Labute approximate surface area is 156 Å². The maximum atomic E-state index is 14.2. The number of aryl methyl sites for hydroxylation is 1. The average molecular weight is 418 g/mol. The first-order valence-electron chi connectivity index (χ1n) is 7.77. The number of aromatic nitrogens is 3. The summed E-state index contributed by atoms with van der Waals surface area (Å²) in [5.41, 5.74) is -4.94. The highest BCUT2D eigenvalue weighted by atomic mass is 32.2. The predicted octanol–water partition coefficient (Wildman–Crippen LogP) is 3.41. The van der Waals surface area contributed by atoms with Crippen LogP contribution in [0.3, 0.4) is 0 Å². The fourth-order valence-corrected chi connectivity index (χ4v) is 3.15. The molecule has 0 aliphatic carbocycles. The maximum absolute atomic E-state index is 14.2. The van der Waals surface area contributed by atoms with E-state index in [4.69, 9.17) is 0 Å². The van der Waals surface area contributed by atoms with Gasteiger partial charge in [-0.05, 0) is 19.1 Å². The number of fused-ring (bicyclic) bond motifs is 3. The van der Waals surface area contributed by atoms with Crippen LogP contribution in [0, 0.1) is 12.7 Å². The molecule has 7 nitrogen and oxygen atoms in total. The van der Waals surface area contributed by atoms with Crippen molar-refractivity contribution in [1.29, 1.82) is 0 Å². The molecule has 0 amide bonds. The number of nitrogens with one attached hydrogen (secondary N) is 1. The van der Waals surface area contributed by atoms with Crippen LogP contribution in [0.15, 0.2) is 24.8 Å². The van der Waals surface area contributed by atoms with Crippen molar-refractivity contribution >= 4 is 37.7 Å². The molecule has 1 aromatic carbocycles. The number of hydrogen-bond donors (Lipinski definition) is 1. The zero-order valence-electron chi connectivity index (χ0n) is 14.6. The molecule has 0 bridgehead atoms. The van der Waals surface area contributed by atoms with Crippen LogP contribution in [0.2, 0.25) is 0 Å². The van der Waals surface area contributed by atoms with Crippen molar-refractivity contribution in [1.82, 2.24) is 15.0 Å². The molecule has 12 heteroatoms. The molecule has 0 saturated heterocycles. The van der Waals surface area contributed by atoms with Gasteiger partial charge in [-0.1, -0.05) is 6.08 Å². The van der Waals surface area contributed by atoms with Crippen LogP contribution < -0.4 is 9.08 Å². The van der Waals surface area contributed by atoms with Gasteiger partial charge in [-0.3, -0.25) is 0 Å². The molecule has 0 spiro atoms. The van der Waals surface area contributed by atoms with E-state index in [-0.39, 0.29) is 22.2 Å². The summed E-state index contributed by atoms with van der Waals surface area (Å²) in [6.07, 6.45) is 1.58. The fourth-order valence-electron chi connectivity index (χ4n) is 2.72. The minimum Gasteiger partial charge on any atom is -0.369 e. The minimum absolute atomic E-state index is 0.00808. The molecule has 3 rings (SSSR count). The third-order valence-corrected chi connectivity index (χ3v) is 4.81. The molecule has 0 fully saturated rings. The topological polar surface area (TPSA) is 88.2 Å². The Hall–Kier alpha value is -2.89. The van der Waals surface area contributed by atoms with Crippen LogP contribution in [0.1, 0.15) is 5.82 Å². The van der Waals surface area contributed by atoms with Gasteiger partial charge < -0.3 is 14.1 Å². The average Bonchev–Trinajstić information content (AvgIpc) is 2.90. The second kappa shape index (κ2) is 6.62. The van der Waals surface area contributed by atoms with Crippen LogP contribution in [0.5, 0.6) is 5.88 Å². The second-order valence-electron chi connectivity index (χ2n) is 5.92. The number of rotatable bonds is 5. The van der Waals surface area contributed by atoms with E-state index in [1.165, 1.54) is 13.0 Å². The van der Waals surface area contributed by atoms with Gasteiger partial charge in [-0.25, -0.2) is 9.37 Å². The van der Waals surface area contributed by atoms with Gasteiger partial charge in [0, 0.05) is 19.0 Å². The Morgan fingerprint density at radius 3 is 2.61 bits per heavy atom. The summed E-state index contributed by atoms with van der Waals surface area (Å²) in [5.74, 6) is -1.56. The van der Waals surface area contributed by atoms with E-state index in [9.17, 15) is 26.0 Å². The first-order valence-corrected chi connectivity index (χ1v) is 9.18. The number of nitrogens with zero attached hydrogens (tertiary/aromatic N) is 3. The molecule has 0 aliphatic rings. The van der Waals surface area contributed by atoms with Crippen molar-refractivity contribution in [3.8, 4) is 5.88 Å². The maximum Gasteiger partial charge on any atom is 0.534 e. The number of alkyl halides is 3. The van der Waals surface area contributed by atoms with Gasteiger partial charge in [0.1, 0.15) is 17.3 Å². The lowest BCUT2D eigenvalue weighted by molar-refractivity contribution is -0.0500. The van der Waals surface area contributed by atoms with E-state index in [0.29, 0.717) is 17.7 Å². The van der Waals surface area contributed by atoms with E-state index >= 15 is 0 Å². The summed E-state index contributed by atoms with van der Waals surface area (Å²) >= 11 is 0. The largest absolute Gasteiger partial charge is 0.534 e. The van der Waals surface area contributed by atoms with Gasteiger partial charge >= 0.3 is 15.6 Å². The van der Waals surface area contributed by atoms with Gasteiger partial charge in [-0.15, -0.1) is 6.58 Å². The fraction of sp³-hybridized carbons (Fsp3) is 0.250. The Morgan fingerprint density at radius 1 is 1.32 bits per heavy atom. The van der Waals surface area contributed by atoms with Gasteiger partial charge in [0.25, 0.3) is 0 Å². The summed E-state index contributed by atoms with van der Waals surface area (Å²) in [5, 5.41) is -0.102. The standard InChI is InChI=1S/C16H14F4N4O3S/c1-4-5-24(3)11-7-9(17)6-10-12-14(23-13(10)11)21-8(2)22-15(12)27-28(25,26)16(18,19)20/h4,6-7H,1,5H2,2-3H3,(H,21,22,23). The third kappa shape index (κ3) is 3.35. The summed E-state index contributed by atoms with van der Waals surface area (Å²) in [6.45, 7) is 5.30. The quantitative estimate of drug-likeness (QED) is 0.296. The van der Waals surface area contributed by atoms with Crippen molar-refractivity contribution in [2.75, 3.05) is 18.5 Å². The van der Waals surface area contributed by atoms with Crippen LogP contribution in [0.4, 0.5) is 23.2 Å². The van der Waals surface area contributed by atoms with Crippen molar-refractivity contribution in [2.45, 2.75) is 12.4 Å². The van der Waals surface area contributed by atoms with E-state index in [0.717, 1.165) is 6.07 Å². The molecular formula is C16H14F4N4O3S. The van der Waals surface area contributed by atoms with Gasteiger partial charge in [0.15, 0.2) is 0 Å². The number of hydrogen-bond acceptors (Lipinski definition) is 6. The second-order valence-corrected chi connectivity index (χ2v) is 7.46. The first kappa shape index (κ1) is 19.9. The number of aromatic amines is 1. The molecular weight excluding hydrogens is 404 g/mol. The Bertz CT molecular complexity index is 1190. The predicted molar refractivity (Wildman–Crippen MR) is 95.2 cm³/mol. The molecule has 2 heterocycles. The molecule has 3 aromatic rings. The third-order valence-electron chi connectivity index (χ3n) is 3.87. The van der Waals surface area contributed by atoms with Crippen LogP contribution in [0.25, 0.3) is 21.9 Å². The van der Waals surface area contributed by atoms with Crippen molar-refractivity contribution in [2.24, 2.45) is 0 Å². The normalized spacial score (nSPS) is 12.5. The number of anilines is 1. The number of H-pyrrole nitrogens is 1. The monoisotopic (exact) mass is 418 g/mol. The Morgan fingerprint density at radius 2 is 2.00 bits per heavy atom. The summed E-state index contributed by atoms with van der Waals surface area (Å²) in [4.78, 5) is 12.2. The Kier molecular flexibility index (Phi) is 4.69. The molecule has 0 atom stereocenters. The highest BCUT2D eigenvalue weighted by Crippen LogP contribution is 2.38. The molecule has 0 saturated carbocycles. The molecule has 150 valence electrons. The van der Waals surface area contributed by atoms with E-state index in [2.05, 4.69) is 25.7 Å². The van der Waals surface area contributed by atoms with Gasteiger partial charge in [0.05, 0.1) is 16.6 Å². The van der Waals surface area contributed by atoms with Crippen molar-refractivity contribution < 1.29 is 30.2 Å². The molecule has 0 unspecified atom stereocenters. The molecule has 2 aromatic heterocycles. The molecule has 1 N–H and O–H groups in total.